The van der Waals surface area contributed by atoms with E-state index in [1.165, 1.54) is 14.7 Å². The number of esters is 1. The molecule has 0 aromatic heterocycles. The third kappa shape index (κ3) is 4.60. The lowest BCUT2D eigenvalue weighted by Gasteiger charge is -2.29. The molecule has 0 aliphatic heterocycles. The molecule has 2 nitrogen and oxygen atoms in total. The van der Waals surface area contributed by atoms with E-state index in [1.807, 2.05) is 42.5 Å². The van der Waals surface area contributed by atoms with Crippen LogP contribution >= 0.6 is 0 Å². The fraction of sp³-hybridized carbons (Fsp3) is 0.167. The minimum absolute atomic E-state index is 0.230. The SMILES string of the molecule is O=C(OC1(c2ccccc2)CCCC1)c1ccc([S+](c2ccccc2)c2ccccc2)cc1. The Bertz CT molecular complexity index is 1140. The minimum atomic E-state index is -0.505. The van der Waals surface area contributed by atoms with Crippen LogP contribution in [0.25, 0.3) is 0 Å². The Morgan fingerprint density at radius 3 is 1.58 bits per heavy atom. The van der Waals surface area contributed by atoms with Crippen LogP contribution in [0.15, 0.2) is 130 Å². The quantitative estimate of drug-likeness (QED) is 0.225. The highest BCUT2D eigenvalue weighted by Crippen LogP contribution is 2.42. The van der Waals surface area contributed by atoms with Crippen LogP contribution < -0.4 is 0 Å². The Morgan fingerprint density at radius 2 is 1.06 bits per heavy atom. The largest absolute Gasteiger partial charge is 0.451 e. The minimum Gasteiger partial charge on any atom is -0.451 e. The maximum absolute atomic E-state index is 13.2. The molecule has 5 rings (SSSR count). The zero-order valence-electron chi connectivity index (χ0n) is 18.5. The van der Waals surface area contributed by atoms with Crippen LogP contribution in [0.3, 0.4) is 0 Å². The molecule has 1 fully saturated rings. The Balaban J connectivity index is 1.42. The van der Waals surface area contributed by atoms with Gasteiger partial charge in [0.25, 0.3) is 0 Å². The number of carbonyl (C=O) groups is 1. The van der Waals surface area contributed by atoms with E-state index in [9.17, 15) is 4.79 Å². The molecular formula is C30H27O2S+. The van der Waals surface area contributed by atoms with Gasteiger partial charge in [-0.3, -0.25) is 0 Å². The number of benzene rings is 4. The lowest BCUT2D eigenvalue weighted by atomic mass is 9.92. The average molecular weight is 452 g/mol. The van der Waals surface area contributed by atoms with Gasteiger partial charge in [-0.25, -0.2) is 4.79 Å². The van der Waals surface area contributed by atoms with Gasteiger partial charge in [-0.1, -0.05) is 66.7 Å². The average Bonchev–Trinajstić information content (AvgIpc) is 3.36. The monoisotopic (exact) mass is 451 g/mol. The van der Waals surface area contributed by atoms with Crippen molar-refractivity contribution in [3.63, 3.8) is 0 Å². The maximum atomic E-state index is 13.2. The molecule has 0 atom stereocenters. The van der Waals surface area contributed by atoms with E-state index in [0.717, 1.165) is 31.2 Å². The molecule has 0 spiro atoms. The number of rotatable bonds is 6. The van der Waals surface area contributed by atoms with Crippen molar-refractivity contribution in [2.24, 2.45) is 0 Å². The molecular weight excluding hydrogens is 424 g/mol. The number of carbonyl (C=O) groups excluding carboxylic acids is 1. The van der Waals surface area contributed by atoms with Crippen molar-refractivity contribution >= 4 is 16.9 Å². The second-order valence-corrected chi connectivity index (χ2v) is 10.4. The van der Waals surface area contributed by atoms with Crippen molar-refractivity contribution in [2.75, 3.05) is 0 Å². The van der Waals surface area contributed by atoms with Gasteiger partial charge in [0, 0.05) is 0 Å². The van der Waals surface area contributed by atoms with E-state index in [1.54, 1.807) is 0 Å². The molecule has 0 bridgehead atoms. The first-order valence-electron chi connectivity index (χ1n) is 11.5. The van der Waals surface area contributed by atoms with E-state index >= 15 is 0 Å². The summed E-state index contributed by atoms with van der Waals surface area (Å²) in [6.07, 6.45) is 3.93. The van der Waals surface area contributed by atoms with Crippen LogP contribution in [0.1, 0.15) is 41.6 Å². The second-order valence-electron chi connectivity index (χ2n) is 8.41. The van der Waals surface area contributed by atoms with E-state index in [2.05, 4.69) is 72.8 Å². The van der Waals surface area contributed by atoms with Gasteiger partial charge in [0.2, 0.25) is 0 Å². The van der Waals surface area contributed by atoms with Gasteiger partial charge >= 0.3 is 5.97 Å². The Morgan fingerprint density at radius 1 is 0.606 bits per heavy atom. The molecule has 0 N–H and O–H groups in total. The molecule has 0 unspecified atom stereocenters. The summed E-state index contributed by atoms with van der Waals surface area (Å²) in [6.45, 7) is 0. The summed E-state index contributed by atoms with van der Waals surface area (Å²) < 4.78 is 6.20. The van der Waals surface area contributed by atoms with Crippen LogP contribution in [0, 0.1) is 0 Å². The first kappa shape index (κ1) is 21.5. The van der Waals surface area contributed by atoms with Gasteiger partial charge in [0.1, 0.15) is 5.60 Å². The molecule has 0 amide bonds. The number of hydrogen-bond donors (Lipinski definition) is 0. The smallest absolute Gasteiger partial charge is 0.339 e. The Hall–Kier alpha value is -3.30. The topological polar surface area (TPSA) is 26.3 Å². The summed E-state index contributed by atoms with van der Waals surface area (Å²) in [5.74, 6) is -0.244. The van der Waals surface area contributed by atoms with Crippen molar-refractivity contribution < 1.29 is 9.53 Å². The standard InChI is InChI=1S/C30H27O2S/c31-29(32-30(22-10-11-23-30)25-12-4-1-5-13-25)24-18-20-28(21-19-24)33(26-14-6-2-7-15-26)27-16-8-3-9-17-27/h1-9,12-21H,10-11,22-23H2/q+1. The maximum Gasteiger partial charge on any atom is 0.339 e. The van der Waals surface area contributed by atoms with Crippen LogP contribution in [0.4, 0.5) is 0 Å². The van der Waals surface area contributed by atoms with E-state index in [4.69, 9.17) is 4.74 Å². The van der Waals surface area contributed by atoms with Gasteiger partial charge in [0.05, 0.1) is 16.5 Å². The van der Waals surface area contributed by atoms with E-state index in [0.29, 0.717) is 5.56 Å². The van der Waals surface area contributed by atoms with Crippen molar-refractivity contribution in [1.82, 2.24) is 0 Å². The van der Waals surface area contributed by atoms with Gasteiger partial charge in [-0.05, 0) is 79.8 Å². The predicted molar refractivity (Wildman–Crippen MR) is 133 cm³/mol. The summed E-state index contributed by atoms with van der Waals surface area (Å²) in [5.41, 5.74) is 1.20. The van der Waals surface area contributed by atoms with Gasteiger partial charge in [0.15, 0.2) is 14.7 Å². The molecule has 0 radical (unpaired) electrons. The van der Waals surface area contributed by atoms with Crippen molar-refractivity contribution in [3.05, 3.63) is 126 Å². The molecule has 0 heterocycles. The zero-order chi connectivity index (χ0) is 22.5. The molecule has 4 aromatic carbocycles. The van der Waals surface area contributed by atoms with Crippen LogP contribution in [0.5, 0.6) is 0 Å². The first-order chi connectivity index (χ1) is 16.3. The highest BCUT2D eigenvalue weighted by atomic mass is 32.2. The number of hydrogen-bond acceptors (Lipinski definition) is 2. The molecule has 164 valence electrons. The zero-order valence-corrected chi connectivity index (χ0v) is 19.3. The molecule has 1 aliphatic rings. The Labute approximate surface area is 198 Å². The highest BCUT2D eigenvalue weighted by Gasteiger charge is 2.39. The van der Waals surface area contributed by atoms with Gasteiger partial charge in [-0.15, -0.1) is 0 Å². The third-order valence-corrected chi connectivity index (χ3v) is 8.51. The van der Waals surface area contributed by atoms with Crippen LogP contribution in [0.2, 0.25) is 0 Å². The molecule has 3 heteroatoms. The van der Waals surface area contributed by atoms with Crippen LogP contribution in [-0.2, 0) is 21.2 Å². The number of ether oxygens (including phenoxy) is 1. The van der Waals surface area contributed by atoms with Gasteiger partial charge < -0.3 is 4.74 Å². The summed E-state index contributed by atoms with van der Waals surface area (Å²) >= 11 is 0. The van der Waals surface area contributed by atoms with Crippen molar-refractivity contribution in [1.29, 1.82) is 0 Å². The molecule has 0 saturated heterocycles. The summed E-state index contributed by atoms with van der Waals surface area (Å²) in [7, 11) is -0.230. The van der Waals surface area contributed by atoms with E-state index in [-0.39, 0.29) is 16.9 Å². The van der Waals surface area contributed by atoms with Crippen molar-refractivity contribution in [3.8, 4) is 0 Å². The molecule has 33 heavy (non-hydrogen) atoms. The summed E-state index contributed by atoms with van der Waals surface area (Å²) in [6, 6.07) is 39.2. The molecule has 1 saturated carbocycles. The Kier molecular flexibility index (Phi) is 6.32. The fourth-order valence-electron chi connectivity index (χ4n) is 4.62. The summed E-state index contributed by atoms with van der Waals surface area (Å²) in [4.78, 5) is 16.9. The second kappa shape index (κ2) is 9.68. The lowest BCUT2D eigenvalue weighted by molar-refractivity contribution is -0.0183. The fourth-order valence-corrected chi connectivity index (χ4v) is 6.71. The highest BCUT2D eigenvalue weighted by molar-refractivity contribution is 7.97. The first-order valence-corrected chi connectivity index (χ1v) is 12.7. The third-order valence-electron chi connectivity index (χ3n) is 6.28. The predicted octanol–water partition coefficient (Wildman–Crippen LogP) is 7.41. The van der Waals surface area contributed by atoms with Crippen LogP contribution in [-0.4, -0.2) is 5.97 Å². The molecule has 1 aliphatic carbocycles. The summed E-state index contributed by atoms with van der Waals surface area (Å²) in [5, 5.41) is 0. The molecule has 4 aromatic rings. The van der Waals surface area contributed by atoms with Crippen molar-refractivity contribution in [2.45, 2.75) is 46.0 Å². The van der Waals surface area contributed by atoms with E-state index < -0.39 is 5.60 Å². The lowest BCUT2D eigenvalue weighted by Crippen LogP contribution is -2.29. The normalized spacial score (nSPS) is 14.8. The van der Waals surface area contributed by atoms with Gasteiger partial charge in [-0.2, -0.15) is 0 Å².